The molecular weight excluding hydrogens is 328 g/mol. The van der Waals surface area contributed by atoms with Crippen LogP contribution in [0.4, 0.5) is 0 Å². The van der Waals surface area contributed by atoms with Gasteiger partial charge >= 0.3 is 5.91 Å². The van der Waals surface area contributed by atoms with Gasteiger partial charge in [0.25, 0.3) is 0 Å². The summed E-state index contributed by atoms with van der Waals surface area (Å²) in [6.07, 6.45) is 1.42. The average molecular weight is 343 g/mol. The van der Waals surface area contributed by atoms with E-state index in [1.165, 1.54) is 6.21 Å². The smallest absolute Gasteiger partial charge is 0.307 e. The standard InChI is InChI=1S/C18H15ClN2O3/c1-11-3-5-13(9-15(11)19)16-8-6-14(24-16)10-20-21-18(22)17-7-4-12(2)23-17/h3-10H,1-2H3,(H,21,22)/b20-10-. The predicted molar refractivity (Wildman–Crippen MR) is 92.4 cm³/mol. The predicted octanol–water partition coefficient (Wildman–Crippen LogP) is 4.57. The lowest BCUT2D eigenvalue weighted by Gasteiger charge is -2.00. The van der Waals surface area contributed by atoms with Crippen molar-refractivity contribution < 1.29 is 13.6 Å². The summed E-state index contributed by atoms with van der Waals surface area (Å²) >= 11 is 6.12. The molecule has 5 nitrogen and oxygen atoms in total. The van der Waals surface area contributed by atoms with E-state index in [1.54, 1.807) is 25.1 Å². The Morgan fingerprint density at radius 2 is 1.96 bits per heavy atom. The molecule has 0 aliphatic carbocycles. The molecule has 0 saturated heterocycles. The van der Waals surface area contributed by atoms with E-state index in [-0.39, 0.29) is 5.76 Å². The molecule has 122 valence electrons. The molecule has 0 radical (unpaired) electrons. The first-order chi connectivity index (χ1) is 11.5. The number of carbonyl (C=O) groups excluding carboxylic acids is 1. The van der Waals surface area contributed by atoms with Crippen LogP contribution in [0.3, 0.4) is 0 Å². The molecule has 6 heteroatoms. The number of halogens is 1. The Labute approximate surface area is 143 Å². The van der Waals surface area contributed by atoms with Crippen LogP contribution in [0.15, 0.2) is 56.4 Å². The van der Waals surface area contributed by atoms with E-state index in [9.17, 15) is 4.79 Å². The second-order valence-electron chi connectivity index (χ2n) is 5.28. The van der Waals surface area contributed by atoms with Gasteiger partial charge in [-0.1, -0.05) is 23.7 Å². The van der Waals surface area contributed by atoms with Crippen LogP contribution < -0.4 is 5.43 Å². The van der Waals surface area contributed by atoms with Crippen molar-refractivity contribution in [3.63, 3.8) is 0 Å². The lowest BCUT2D eigenvalue weighted by Crippen LogP contribution is -2.16. The molecule has 0 spiro atoms. The Hall–Kier alpha value is -2.79. The van der Waals surface area contributed by atoms with Crippen LogP contribution in [-0.2, 0) is 0 Å². The number of hydrogen-bond acceptors (Lipinski definition) is 4. The van der Waals surface area contributed by atoms with Gasteiger partial charge in [-0.15, -0.1) is 0 Å². The zero-order valence-electron chi connectivity index (χ0n) is 13.2. The van der Waals surface area contributed by atoms with Crippen molar-refractivity contribution in [2.24, 2.45) is 5.10 Å². The fourth-order valence-corrected chi connectivity index (χ4v) is 2.27. The Balaban J connectivity index is 1.67. The van der Waals surface area contributed by atoms with Crippen molar-refractivity contribution in [1.29, 1.82) is 0 Å². The van der Waals surface area contributed by atoms with Crippen LogP contribution in [-0.4, -0.2) is 12.1 Å². The maximum absolute atomic E-state index is 11.8. The Bertz CT molecular complexity index is 909. The topological polar surface area (TPSA) is 67.7 Å². The normalized spacial score (nSPS) is 11.1. The summed E-state index contributed by atoms with van der Waals surface area (Å²) < 4.78 is 10.9. The highest BCUT2D eigenvalue weighted by atomic mass is 35.5. The SMILES string of the molecule is Cc1ccc(C(=O)N/N=C\c2ccc(-c3ccc(C)c(Cl)c3)o2)o1. The largest absolute Gasteiger partial charge is 0.456 e. The second-order valence-corrected chi connectivity index (χ2v) is 5.68. The summed E-state index contributed by atoms with van der Waals surface area (Å²) in [5.74, 6) is 1.64. The van der Waals surface area contributed by atoms with Gasteiger partial charge in [0.05, 0.1) is 6.21 Å². The maximum atomic E-state index is 11.8. The van der Waals surface area contributed by atoms with E-state index >= 15 is 0 Å². The number of rotatable bonds is 4. The van der Waals surface area contributed by atoms with Gasteiger partial charge in [0.15, 0.2) is 5.76 Å². The van der Waals surface area contributed by atoms with E-state index in [1.807, 2.05) is 31.2 Å². The van der Waals surface area contributed by atoms with Gasteiger partial charge in [0.1, 0.15) is 17.3 Å². The minimum Gasteiger partial charge on any atom is -0.456 e. The number of amides is 1. The first-order valence-corrected chi connectivity index (χ1v) is 7.67. The molecule has 1 aromatic carbocycles. The minimum absolute atomic E-state index is 0.207. The molecule has 0 saturated carbocycles. The fraction of sp³-hybridized carbons (Fsp3) is 0.111. The zero-order valence-corrected chi connectivity index (χ0v) is 13.9. The molecule has 0 aliphatic heterocycles. The molecule has 1 amide bonds. The summed E-state index contributed by atoms with van der Waals surface area (Å²) in [4.78, 5) is 11.8. The third-order valence-electron chi connectivity index (χ3n) is 3.41. The van der Waals surface area contributed by atoms with Gasteiger partial charge in [-0.25, -0.2) is 5.43 Å². The van der Waals surface area contributed by atoms with Crippen LogP contribution in [0.5, 0.6) is 0 Å². The van der Waals surface area contributed by atoms with Crippen LogP contribution in [0.1, 0.15) is 27.6 Å². The van der Waals surface area contributed by atoms with Crippen molar-refractivity contribution in [3.8, 4) is 11.3 Å². The highest BCUT2D eigenvalue weighted by molar-refractivity contribution is 6.31. The van der Waals surface area contributed by atoms with Crippen LogP contribution in [0.25, 0.3) is 11.3 Å². The average Bonchev–Trinajstić information content (AvgIpc) is 3.19. The van der Waals surface area contributed by atoms with Gasteiger partial charge in [-0.2, -0.15) is 5.10 Å². The van der Waals surface area contributed by atoms with E-state index < -0.39 is 5.91 Å². The van der Waals surface area contributed by atoms with Crippen LogP contribution in [0.2, 0.25) is 5.02 Å². The quantitative estimate of drug-likeness (QED) is 0.557. The molecule has 0 bridgehead atoms. The van der Waals surface area contributed by atoms with Crippen molar-refractivity contribution in [2.45, 2.75) is 13.8 Å². The van der Waals surface area contributed by atoms with Gasteiger partial charge in [0.2, 0.25) is 0 Å². The second kappa shape index (κ2) is 6.76. The lowest BCUT2D eigenvalue weighted by molar-refractivity contribution is 0.0926. The summed E-state index contributed by atoms with van der Waals surface area (Å²) in [5.41, 5.74) is 4.26. The van der Waals surface area contributed by atoms with Crippen molar-refractivity contribution in [2.75, 3.05) is 0 Å². The molecule has 0 unspecified atom stereocenters. The fourth-order valence-electron chi connectivity index (χ4n) is 2.09. The number of nitrogens with zero attached hydrogens (tertiary/aromatic N) is 1. The molecule has 2 heterocycles. The number of benzene rings is 1. The van der Waals surface area contributed by atoms with E-state index in [0.29, 0.717) is 22.3 Å². The highest BCUT2D eigenvalue weighted by Gasteiger charge is 2.09. The Morgan fingerprint density at radius 1 is 1.12 bits per heavy atom. The van der Waals surface area contributed by atoms with E-state index in [4.69, 9.17) is 20.4 Å². The molecule has 3 rings (SSSR count). The molecule has 24 heavy (non-hydrogen) atoms. The van der Waals surface area contributed by atoms with Crippen LogP contribution >= 0.6 is 11.6 Å². The number of nitrogens with one attached hydrogen (secondary N) is 1. The van der Waals surface area contributed by atoms with Gasteiger partial charge in [-0.3, -0.25) is 4.79 Å². The van der Waals surface area contributed by atoms with E-state index in [2.05, 4.69) is 10.5 Å². The number of furan rings is 2. The number of hydrogen-bond donors (Lipinski definition) is 1. The molecule has 1 N–H and O–H groups in total. The van der Waals surface area contributed by atoms with E-state index in [0.717, 1.165) is 11.1 Å². The molecule has 0 fully saturated rings. The minimum atomic E-state index is -0.420. The van der Waals surface area contributed by atoms with Crippen molar-refractivity contribution in [3.05, 3.63) is 70.3 Å². The molecule has 0 aliphatic rings. The van der Waals surface area contributed by atoms with Crippen LogP contribution in [0, 0.1) is 13.8 Å². The highest BCUT2D eigenvalue weighted by Crippen LogP contribution is 2.26. The molecule has 2 aromatic heterocycles. The third kappa shape index (κ3) is 3.58. The number of aryl methyl sites for hydroxylation is 2. The molecular formula is C18H15ClN2O3. The molecule has 3 aromatic rings. The summed E-state index contributed by atoms with van der Waals surface area (Å²) in [5, 5.41) is 4.54. The zero-order chi connectivity index (χ0) is 17.1. The summed E-state index contributed by atoms with van der Waals surface area (Å²) in [6, 6.07) is 12.6. The Kier molecular flexibility index (Phi) is 4.53. The number of carbonyl (C=O) groups is 1. The van der Waals surface area contributed by atoms with Gasteiger partial charge in [0, 0.05) is 10.6 Å². The molecule has 0 atom stereocenters. The Morgan fingerprint density at radius 3 is 2.67 bits per heavy atom. The van der Waals surface area contributed by atoms with Crippen molar-refractivity contribution in [1.82, 2.24) is 5.43 Å². The monoisotopic (exact) mass is 342 g/mol. The third-order valence-corrected chi connectivity index (χ3v) is 3.81. The van der Waals surface area contributed by atoms with Gasteiger partial charge < -0.3 is 8.83 Å². The number of hydrazone groups is 1. The maximum Gasteiger partial charge on any atom is 0.307 e. The summed E-state index contributed by atoms with van der Waals surface area (Å²) in [7, 11) is 0. The van der Waals surface area contributed by atoms with Crippen molar-refractivity contribution >= 4 is 23.7 Å². The van der Waals surface area contributed by atoms with Gasteiger partial charge in [-0.05, 0) is 49.7 Å². The first kappa shape index (κ1) is 16.1. The lowest BCUT2D eigenvalue weighted by atomic mass is 10.1. The summed E-state index contributed by atoms with van der Waals surface area (Å²) in [6.45, 7) is 3.71. The first-order valence-electron chi connectivity index (χ1n) is 7.29.